The molecule has 0 spiro atoms. The van der Waals surface area contributed by atoms with Gasteiger partial charge in [0.15, 0.2) is 0 Å². The maximum Gasteiger partial charge on any atom is 0.212 e. The van der Waals surface area contributed by atoms with Gasteiger partial charge in [-0.25, -0.2) is 13.1 Å². The van der Waals surface area contributed by atoms with Crippen molar-refractivity contribution in [1.82, 2.24) is 10.0 Å². The Labute approximate surface area is 106 Å². The second-order valence-electron chi connectivity index (χ2n) is 6.15. The standard InChI is InChI=1S/C12H26N2O2S/c1-12(2,3)10-17(15,16)14-9-7-11-6-4-5-8-13-11/h11,13-14H,4-10H2,1-3H3. The summed E-state index contributed by atoms with van der Waals surface area (Å²) < 4.78 is 26.2. The second-order valence-corrected chi connectivity index (χ2v) is 7.96. The molecule has 0 aromatic heterocycles. The van der Waals surface area contributed by atoms with Gasteiger partial charge in [0.2, 0.25) is 10.0 Å². The quantitative estimate of drug-likeness (QED) is 0.789. The molecule has 4 nitrogen and oxygen atoms in total. The summed E-state index contributed by atoms with van der Waals surface area (Å²) >= 11 is 0. The summed E-state index contributed by atoms with van der Waals surface area (Å²) in [6.07, 6.45) is 4.56. The fraction of sp³-hybridized carbons (Fsp3) is 1.00. The summed E-state index contributed by atoms with van der Waals surface area (Å²) in [5.74, 6) is 0.193. The van der Waals surface area contributed by atoms with Gasteiger partial charge in [-0.3, -0.25) is 0 Å². The molecule has 0 radical (unpaired) electrons. The maximum atomic E-state index is 11.8. The van der Waals surface area contributed by atoms with E-state index in [0.29, 0.717) is 12.6 Å². The number of sulfonamides is 1. The van der Waals surface area contributed by atoms with Crippen LogP contribution in [0.2, 0.25) is 0 Å². The molecule has 0 bridgehead atoms. The second kappa shape index (κ2) is 6.16. The Morgan fingerprint density at radius 1 is 1.29 bits per heavy atom. The molecule has 1 heterocycles. The zero-order chi connectivity index (χ0) is 12.9. The van der Waals surface area contributed by atoms with Gasteiger partial charge in [-0.15, -0.1) is 0 Å². The van der Waals surface area contributed by atoms with Crippen molar-refractivity contribution in [2.75, 3.05) is 18.8 Å². The minimum absolute atomic E-state index is 0.186. The highest BCUT2D eigenvalue weighted by atomic mass is 32.2. The van der Waals surface area contributed by atoms with Gasteiger partial charge in [0, 0.05) is 12.6 Å². The van der Waals surface area contributed by atoms with Gasteiger partial charge in [-0.1, -0.05) is 27.2 Å². The van der Waals surface area contributed by atoms with E-state index in [1.807, 2.05) is 20.8 Å². The number of hydrogen-bond acceptors (Lipinski definition) is 3. The van der Waals surface area contributed by atoms with E-state index in [2.05, 4.69) is 10.0 Å². The van der Waals surface area contributed by atoms with Gasteiger partial charge in [0.1, 0.15) is 0 Å². The number of nitrogens with one attached hydrogen (secondary N) is 2. The van der Waals surface area contributed by atoms with Gasteiger partial charge in [0.25, 0.3) is 0 Å². The van der Waals surface area contributed by atoms with Crippen molar-refractivity contribution in [3.63, 3.8) is 0 Å². The van der Waals surface area contributed by atoms with Crippen molar-refractivity contribution in [2.24, 2.45) is 5.41 Å². The van der Waals surface area contributed by atoms with Crippen LogP contribution in [0.25, 0.3) is 0 Å². The molecule has 1 unspecified atom stereocenters. The Bertz CT molecular complexity index is 314. The van der Waals surface area contributed by atoms with E-state index in [1.54, 1.807) is 0 Å². The largest absolute Gasteiger partial charge is 0.314 e. The number of piperidine rings is 1. The molecule has 1 atom stereocenters. The lowest BCUT2D eigenvalue weighted by molar-refractivity contribution is 0.382. The number of rotatable bonds is 5. The first kappa shape index (κ1) is 14.9. The van der Waals surface area contributed by atoms with Crippen molar-refractivity contribution in [2.45, 2.75) is 52.5 Å². The lowest BCUT2D eigenvalue weighted by Crippen LogP contribution is -2.39. The summed E-state index contributed by atoms with van der Waals surface area (Å²) in [4.78, 5) is 0. The number of hydrogen-bond donors (Lipinski definition) is 2. The molecule has 1 saturated heterocycles. The average molecular weight is 262 g/mol. The van der Waals surface area contributed by atoms with Crippen LogP contribution in [0, 0.1) is 5.41 Å². The molecule has 1 aliphatic rings. The fourth-order valence-corrected chi connectivity index (χ4v) is 3.85. The van der Waals surface area contributed by atoms with Crippen molar-refractivity contribution >= 4 is 10.0 Å². The Kier molecular flexibility index (Phi) is 5.41. The molecule has 0 aliphatic carbocycles. The Morgan fingerprint density at radius 3 is 2.53 bits per heavy atom. The highest BCUT2D eigenvalue weighted by Gasteiger charge is 2.21. The van der Waals surface area contributed by atoms with Crippen LogP contribution in [-0.4, -0.2) is 33.3 Å². The monoisotopic (exact) mass is 262 g/mol. The molecule has 0 aromatic carbocycles. The summed E-state index contributed by atoms with van der Waals surface area (Å²) in [5, 5.41) is 3.42. The zero-order valence-electron chi connectivity index (χ0n) is 11.3. The first-order valence-electron chi connectivity index (χ1n) is 6.49. The van der Waals surface area contributed by atoms with E-state index < -0.39 is 10.0 Å². The van der Waals surface area contributed by atoms with E-state index in [9.17, 15) is 8.42 Å². The van der Waals surface area contributed by atoms with E-state index in [1.165, 1.54) is 19.3 Å². The highest BCUT2D eigenvalue weighted by molar-refractivity contribution is 7.89. The molecule has 0 aromatic rings. The topological polar surface area (TPSA) is 58.2 Å². The van der Waals surface area contributed by atoms with Crippen molar-refractivity contribution in [3.8, 4) is 0 Å². The maximum absolute atomic E-state index is 11.8. The third-order valence-corrected chi connectivity index (χ3v) is 4.74. The molecule has 5 heteroatoms. The molecule has 1 rings (SSSR count). The van der Waals surface area contributed by atoms with Crippen molar-refractivity contribution in [1.29, 1.82) is 0 Å². The van der Waals surface area contributed by atoms with Gasteiger partial charge >= 0.3 is 0 Å². The fourth-order valence-electron chi connectivity index (χ4n) is 2.18. The van der Waals surface area contributed by atoms with Crippen LogP contribution in [-0.2, 0) is 10.0 Å². The minimum Gasteiger partial charge on any atom is -0.314 e. The van der Waals surface area contributed by atoms with Crippen LogP contribution in [0.5, 0.6) is 0 Å². The molecule has 17 heavy (non-hydrogen) atoms. The SMILES string of the molecule is CC(C)(C)CS(=O)(=O)NCCC1CCCCN1. The van der Waals surface area contributed by atoms with Crippen molar-refractivity contribution < 1.29 is 8.42 Å². The van der Waals surface area contributed by atoms with Gasteiger partial charge < -0.3 is 5.32 Å². The van der Waals surface area contributed by atoms with Crippen LogP contribution in [0.15, 0.2) is 0 Å². The average Bonchev–Trinajstić information content (AvgIpc) is 2.15. The molecular formula is C12H26N2O2S. The van der Waals surface area contributed by atoms with Crippen molar-refractivity contribution in [3.05, 3.63) is 0 Å². The van der Waals surface area contributed by atoms with E-state index in [0.717, 1.165) is 13.0 Å². The van der Waals surface area contributed by atoms with Crippen LogP contribution in [0.1, 0.15) is 46.5 Å². The first-order chi connectivity index (χ1) is 7.79. The molecular weight excluding hydrogens is 236 g/mol. The van der Waals surface area contributed by atoms with Gasteiger partial charge in [0.05, 0.1) is 5.75 Å². The molecule has 0 amide bonds. The third-order valence-electron chi connectivity index (χ3n) is 2.85. The summed E-state index contributed by atoms with van der Waals surface area (Å²) in [6.45, 7) is 7.44. The van der Waals surface area contributed by atoms with Gasteiger partial charge in [-0.05, 0) is 31.2 Å². The molecule has 0 saturated carbocycles. The van der Waals surface area contributed by atoms with E-state index in [4.69, 9.17) is 0 Å². The molecule has 1 aliphatic heterocycles. The summed E-state index contributed by atoms with van der Waals surface area (Å²) in [5.41, 5.74) is -0.186. The van der Waals surface area contributed by atoms with E-state index in [-0.39, 0.29) is 11.2 Å². The predicted molar refractivity (Wildman–Crippen MR) is 71.5 cm³/mol. The predicted octanol–water partition coefficient (Wildman–Crippen LogP) is 1.48. The third kappa shape index (κ3) is 7.01. The normalized spacial score (nSPS) is 22.6. The Balaban J connectivity index is 2.25. The lowest BCUT2D eigenvalue weighted by Gasteiger charge is -2.24. The molecule has 2 N–H and O–H groups in total. The van der Waals surface area contributed by atoms with Crippen LogP contribution >= 0.6 is 0 Å². The zero-order valence-corrected chi connectivity index (χ0v) is 12.1. The van der Waals surface area contributed by atoms with Crippen LogP contribution in [0.3, 0.4) is 0 Å². The first-order valence-corrected chi connectivity index (χ1v) is 8.14. The van der Waals surface area contributed by atoms with E-state index >= 15 is 0 Å². The van der Waals surface area contributed by atoms with Crippen LogP contribution in [0.4, 0.5) is 0 Å². The summed E-state index contributed by atoms with van der Waals surface area (Å²) in [7, 11) is -3.12. The molecule has 102 valence electrons. The lowest BCUT2D eigenvalue weighted by atomic mass is 10.0. The molecule has 1 fully saturated rings. The smallest absolute Gasteiger partial charge is 0.212 e. The minimum atomic E-state index is -3.12. The highest BCUT2D eigenvalue weighted by Crippen LogP contribution is 2.15. The summed E-state index contributed by atoms with van der Waals surface area (Å²) in [6, 6.07) is 0.487. The van der Waals surface area contributed by atoms with Crippen LogP contribution < -0.4 is 10.0 Å². The van der Waals surface area contributed by atoms with Gasteiger partial charge in [-0.2, -0.15) is 0 Å². The Morgan fingerprint density at radius 2 is 2.00 bits per heavy atom. The Hall–Kier alpha value is -0.130.